The highest BCUT2D eigenvalue weighted by atomic mass is 19.4. The van der Waals surface area contributed by atoms with Crippen LogP contribution < -0.4 is 14.4 Å². The molecule has 1 aromatic heterocycles. The van der Waals surface area contributed by atoms with Gasteiger partial charge in [0.2, 0.25) is 0 Å². The maximum Gasteiger partial charge on any atom is 0.421 e. The Bertz CT molecular complexity index is 793. The van der Waals surface area contributed by atoms with E-state index in [1.165, 1.54) is 11.9 Å². The van der Waals surface area contributed by atoms with Gasteiger partial charge in [0, 0.05) is 25.0 Å². The number of rotatable bonds is 6. The van der Waals surface area contributed by atoms with E-state index in [0.717, 1.165) is 38.3 Å². The monoisotopic (exact) mass is 395 g/mol. The van der Waals surface area contributed by atoms with Gasteiger partial charge in [-0.25, -0.2) is 4.98 Å². The summed E-state index contributed by atoms with van der Waals surface area (Å²) in [4.78, 5) is 9.31. The topological polar surface area (TPSA) is 47.5 Å². The lowest BCUT2D eigenvalue weighted by atomic mass is 9.98. The van der Waals surface area contributed by atoms with Crippen molar-refractivity contribution >= 4 is 11.5 Å². The second kappa shape index (κ2) is 8.67. The number of hydrogen-bond donors (Lipinski definition) is 0. The molecule has 0 radical (unpaired) electrons. The van der Waals surface area contributed by atoms with Crippen LogP contribution in [0.4, 0.5) is 24.7 Å². The summed E-state index contributed by atoms with van der Waals surface area (Å²) in [5.41, 5.74) is -0.383. The van der Waals surface area contributed by atoms with Crippen molar-refractivity contribution in [3.63, 3.8) is 0 Å². The molecular weight excluding hydrogens is 371 g/mol. The number of halogens is 3. The van der Waals surface area contributed by atoms with Crippen LogP contribution in [0.5, 0.6) is 11.8 Å². The first-order chi connectivity index (χ1) is 13.4. The summed E-state index contributed by atoms with van der Waals surface area (Å²) < 4.78 is 51.8. The van der Waals surface area contributed by atoms with Gasteiger partial charge in [0.1, 0.15) is 17.4 Å². The Morgan fingerprint density at radius 1 is 1.18 bits per heavy atom. The van der Waals surface area contributed by atoms with Gasteiger partial charge in [0.15, 0.2) is 5.82 Å². The molecule has 2 aromatic rings. The summed E-state index contributed by atoms with van der Waals surface area (Å²) in [5, 5.41) is 0. The average Bonchev–Trinajstić information content (AvgIpc) is 2.68. The molecular formula is C20H24F3N3O2. The van der Waals surface area contributed by atoms with Gasteiger partial charge >= 0.3 is 12.2 Å². The van der Waals surface area contributed by atoms with E-state index >= 15 is 0 Å². The Morgan fingerprint density at radius 2 is 1.93 bits per heavy atom. The van der Waals surface area contributed by atoms with E-state index in [-0.39, 0.29) is 17.9 Å². The molecule has 8 heteroatoms. The van der Waals surface area contributed by atoms with E-state index in [2.05, 4.69) is 9.97 Å². The van der Waals surface area contributed by atoms with Crippen LogP contribution >= 0.6 is 0 Å². The highest BCUT2D eigenvalue weighted by molar-refractivity contribution is 5.64. The highest BCUT2D eigenvalue weighted by Crippen LogP contribution is 2.38. The van der Waals surface area contributed by atoms with Gasteiger partial charge in [-0.05, 0) is 44.7 Å². The predicted octanol–water partition coefficient (Wildman–Crippen LogP) is 5.37. The number of ether oxygens (including phenoxy) is 2. The lowest BCUT2D eigenvalue weighted by Crippen LogP contribution is -2.23. The Hall–Kier alpha value is -2.51. The van der Waals surface area contributed by atoms with Gasteiger partial charge in [0.25, 0.3) is 0 Å². The van der Waals surface area contributed by atoms with Crippen LogP contribution in [0.3, 0.4) is 0 Å². The molecule has 0 unspecified atom stereocenters. The molecule has 1 heterocycles. The molecule has 5 nitrogen and oxygen atoms in total. The van der Waals surface area contributed by atoms with Crippen LogP contribution in [0.1, 0.15) is 44.6 Å². The molecule has 152 valence electrons. The van der Waals surface area contributed by atoms with Crippen molar-refractivity contribution in [1.29, 1.82) is 0 Å². The van der Waals surface area contributed by atoms with E-state index in [1.54, 1.807) is 24.3 Å². The zero-order valence-corrected chi connectivity index (χ0v) is 16.0. The normalized spacial score (nSPS) is 15.3. The van der Waals surface area contributed by atoms with Crippen LogP contribution in [-0.4, -0.2) is 29.7 Å². The number of alkyl halides is 3. The Labute approximate surface area is 162 Å². The number of anilines is 2. The standard InChI is InChI=1S/C20H24F3N3O2/c1-3-27-16-11-7-8-14(12-16)26(2)18-17(20(21,22)23)13-24-19(25-18)28-15-9-5-4-6-10-15/h7-8,11-13,15H,3-6,9-10H2,1-2H3. The van der Waals surface area contributed by atoms with Gasteiger partial charge < -0.3 is 14.4 Å². The number of benzene rings is 1. The summed E-state index contributed by atoms with van der Waals surface area (Å²) >= 11 is 0. The maximum absolute atomic E-state index is 13.5. The molecule has 0 amide bonds. The fourth-order valence-electron chi connectivity index (χ4n) is 3.27. The van der Waals surface area contributed by atoms with Crippen LogP contribution in [0.25, 0.3) is 0 Å². The van der Waals surface area contributed by atoms with Crippen molar-refractivity contribution in [3.05, 3.63) is 36.0 Å². The second-order valence-electron chi connectivity index (χ2n) is 6.75. The lowest BCUT2D eigenvalue weighted by molar-refractivity contribution is -0.137. The smallest absolute Gasteiger partial charge is 0.421 e. The van der Waals surface area contributed by atoms with Crippen molar-refractivity contribution in [2.75, 3.05) is 18.6 Å². The lowest BCUT2D eigenvalue weighted by Gasteiger charge is -2.25. The third-order valence-corrected chi connectivity index (χ3v) is 4.71. The molecule has 1 aliphatic rings. The summed E-state index contributed by atoms with van der Waals surface area (Å²) in [6.45, 7) is 2.31. The second-order valence-corrected chi connectivity index (χ2v) is 6.75. The van der Waals surface area contributed by atoms with Gasteiger partial charge in [0.05, 0.1) is 6.61 Å². The fourth-order valence-corrected chi connectivity index (χ4v) is 3.27. The molecule has 0 aliphatic heterocycles. The minimum atomic E-state index is -4.58. The van der Waals surface area contributed by atoms with E-state index < -0.39 is 11.7 Å². The predicted molar refractivity (Wildman–Crippen MR) is 100 cm³/mol. The van der Waals surface area contributed by atoms with Crippen molar-refractivity contribution in [1.82, 2.24) is 9.97 Å². The van der Waals surface area contributed by atoms with Crippen molar-refractivity contribution < 1.29 is 22.6 Å². The molecule has 1 aliphatic carbocycles. The minimum Gasteiger partial charge on any atom is -0.494 e. The van der Waals surface area contributed by atoms with E-state index in [9.17, 15) is 13.2 Å². The van der Waals surface area contributed by atoms with Gasteiger partial charge in [-0.1, -0.05) is 12.5 Å². The summed E-state index contributed by atoms with van der Waals surface area (Å²) in [7, 11) is 1.53. The quantitative estimate of drug-likeness (QED) is 0.658. The third kappa shape index (κ3) is 4.85. The molecule has 0 bridgehead atoms. The molecule has 0 saturated heterocycles. The number of hydrogen-bond acceptors (Lipinski definition) is 5. The molecule has 3 rings (SSSR count). The van der Waals surface area contributed by atoms with Crippen LogP contribution in [0, 0.1) is 0 Å². The van der Waals surface area contributed by atoms with E-state index in [4.69, 9.17) is 9.47 Å². The van der Waals surface area contributed by atoms with Gasteiger partial charge in [-0.2, -0.15) is 18.2 Å². The Morgan fingerprint density at radius 3 is 2.61 bits per heavy atom. The average molecular weight is 395 g/mol. The minimum absolute atomic E-state index is 0.0253. The number of nitrogens with zero attached hydrogens (tertiary/aromatic N) is 3. The maximum atomic E-state index is 13.5. The van der Waals surface area contributed by atoms with E-state index in [0.29, 0.717) is 18.0 Å². The Balaban J connectivity index is 1.93. The van der Waals surface area contributed by atoms with Crippen LogP contribution in [0.15, 0.2) is 30.5 Å². The first-order valence-corrected chi connectivity index (χ1v) is 9.46. The largest absolute Gasteiger partial charge is 0.494 e. The van der Waals surface area contributed by atoms with Crippen molar-refractivity contribution in [2.45, 2.75) is 51.3 Å². The van der Waals surface area contributed by atoms with Crippen molar-refractivity contribution in [2.24, 2.45) is 0 Å². The number of aromatic nitrogens is 2. The summed E-state index contributed by atoms with van der Waals surface area (Å²) in [6.07, 6.45) is 1.14. The molecule has 0 N–H and O–H groups in total. The fraction of sp³-hybridized carbons (Fsp3) is 0.500. The molecule has 1 saturated carbocycles. The highest BCUT2D eigenvalue weighted by Gasteiger charge is 2.37. The first kappa shape index (κ1) is 20.2. The van der Waals surface area contributed by atoms with Gasteiger partial charge in [-0.3, -0.25) is 0 Å². The zero-order chi connectivity index (χ0) is 20.1. The third-order valence-electron chi connectivity index (χ3n) is 4.71. The van der Waals surface area contributed by atoms with E-state index in [1.807, 2.05) is 6.92 Å². The first-order valence-electron chi connectivity index (χ1n) is 9.46. The molecule has 0 atom stereocenters. The van der Waals surface area contributed by atoms with Crippen LogP contribution in [-0.2, 0) is 6.18 Å². The summed E-state index contributed by atoms with van der Waals surface area (Å²) in [5.74, 6) is 0.329. The molecule has 28 heavy (non-hydrogen) atoms. The zero-order valence-electron chi connectivity index (χ0n) is 16.0. The van der Waals surface area contributed by atoms with Crippen LogP contribution in [0.2, 0.25) is 0 Å². The molecule has 1 aromatic carbocycles. The SMILES string of the molecule is CCOc1cccc(N(C)c2nc(OC3CCCCC3)ncc2C(F)(F)F)c1. The van der Waals surface area contributed by atoms with Gasteiger partial charge in [-0.15, -0.1) is 0 Å². The molecule has 0 spiro atoms. The summed E-state index contributed by atoms with van der Waals surface area (Å²) in [6, 6.07) is 6.83. The van der Waals surface area contributed by atoms with Crippen molar-refractivity contribution in [3.8, 4) is 11.8 Å². The Kier molecular flexibility index (Phi) is 6.26. The molecule has 1 fully saturated rings.